The molecule has 3 rings (SSSR count). The Labute approximate surface area is 243 Å². The maximum absolute atomic E-state index is 12.4. The zero-order valence-corrected chi connectivity index (χ0v) is 23.5. The number of amides is 3. The molecular weight excluding hydrogens is 548 g/mol. The number of rotatable bonds is 13. The molecule has 3 aromatic carbocycles. The average molecular weight is 579 g/mol. The van der Waals surface area contributed by atoms with Crippen molar-refractivity contribution in [3.8, 4) is 17.2 Å². The van der Waals surface area contributed by atoms with E-state index in [1.165, 1.54) is 12.3 Å². The van der Waals surface area contributed by atoms with Gasteiger partial charge in [0.1, 0.15) is 12.4 Å². The molecular formula is C30H31ClN4O6. The van der Waals surface area contributed by atoms with Gasteiger partial charge in [0.05, 0.1) is 17.8 Å². The summed E-state index contributed by atoms with van der Waals surface area (Å²) >= 11 is 6.41. The number of nitrogens with zero attached hydrogens (tertiary/aromatic N) is 1. The third-order valence-corrected chi connectivity index (χ3v) is 5.67. The minimum atomic E-state index is -0.973. The average Bonchev–Trinajstić information content (AvgIpc) is 2.97. The molecule has 10 nitrogen and oxygen atoms in total. The summed E-state index contributed by atoms with van der Waals surface area (Å²) in [5, 5.41) is 9.23. The first-order chi connectivity index (χ1) is 19.8. The summed E-state index contributed by atoms with van der Waals surface area (Å²) in [6.45, 7) is 7.78. The zero-order valence-electron chi connectivity index (χ0n) is 22.7. The van der Waals surface area contributed by atoms with Crippen molar-refractivity contribution in [3.05, 3.63) is 89.5 Å². The molecule has 0 atom stereocenters. The van der Waals surface area contributed by atoms with Gasteiger partial charge in [0, 0.05) is 11.4 Å². The SMILES string of the molecule is C=CCOc1ccc(NC(=O)C(=O)N/N=C\c2cc(Cl)c(OCC(=O)Nc3ccc(CC)cc3)c(OCC)c2)cc1. The quantitative estimate of drug-likeness (QED) is 0.114. The lowest BCUT2D eigenvalue weighted by Gasteiger charge is -2.14. The van der Waals surface area contributed by atoms with Crippen molar-refractivity contribution in [1.82, 2.24) is 5.43 Å². The summed E-state index contributed by atoms with van der Waals surface area (Å²) in [6, 6.07) is 17.1. The Morgan fingerprint density at radius 1 is 0.902 bits per heavy atom. The molecule has 41 heavy (non-hydrogen) atoms. The predicted molar refractivity (Wildman–Crippen MR) is 159 cm³/mol. The highest BCUT2D eigenvalue weighted by Gasteiger charge is 2.16. The first-order valence-electron chi connectivity index (χ1n) is 12.8. The van der Waals surface area contributed by atoms with E-state index in [2.05, 4.69) is 34.7 Å². The van der Waals surface area contributed by atoms with Gasteiger partial charge in [-0.2, -0.15) is 5.10 Å². The molecule has 214 valence electrons. The van der Waals surface area contributed by atoms with E-state index in [1.54, 1.807) is 43.3 Å². The molecule has 3 aromatic rings. The Morgan fingerprint density at radius 3 is 2.24 bits per heavy atom. The fourth-order valence-electron chi connectivity index (χ4n) is 3.42. The van der Waals surface area contributed by atoms with Crippen LogP contribution < -0.4 is 30.3 Å². The summed E-state index contributed by atoms with van der Waals surface area (Å²) in [5.41, 5.74) is 4.85. The molecule has 0 aliphatic heterocycles. The van der Waals surface area contributed by atoms with Crippen molar-refractivity contribution < 1.29 is 28.6 Å². The zero-order chi connectivity index (χ0) is 29.6. The number of benzene rings is 3. The fourth-order valence-corrected chi connectivity index (χ4v) is 3.69. The monoisotopic (exact) mass is 578 g/mol. The highest BCUT2D eigenvalue weighted by Crippen LogP contribution is 2.36. The molecule has 0 unspecified atom stereocenters. The van der Waals surface area contributed by atoms with Crippen LogP contribution in [0.2, 0.25) is 5.02 Å². The molecule has 3 N–H and O–H groups in total. The molecule has 0 aliphatic rings. The second-order valence-corrected chi connectivity index (χ2v) is 8.83. The van der Waals surface area contributed by atoms with E-state index in [0.717, 1.165) is 12.0 Å². The van der Waals surface area contributed by atoms with Crippen molar-refractivity contribution >= 4 is 46.9 Å². The maximum Gasteiger partial charge on any atom is 0.329 e. The van der Waals surface area contributed by atoms with Gasteiger partial charge in [-0.15, -0.1) is 0 Å². The third-order valence-electron chi connectivity index (χ3n) is 5.39. The number of carbonyl (C=O) groups excluding carboxylic acids is 3. The highest BCUT2D eigenvalue weighted by atomic mass is 35.5. The Morgan fingerprint density at radius 2 is 1.59 bits per heavy atom. The number of halogens is 1. The summed E-state index contributed by atoms with van der Waals surface area (Å²) in [5.74, 6) is -1.17. The van der Waals surface area contributed by atoms with Gasteiger partial charge < -0.3 is 24.8 Å². The van der Waals surface area contributed by atoms with Crippen LogP contribution in [0.3, 0.4) is 0 Å². The van der Waals surface area contributed by atoms with Crippen LogP contribution in [0.1, 0.15) is 25.0 Å². The van der Waals surface area contributed by atoms with E-state index < -0.39 is 11.8 Å². The molecule has 0 saturated carbocycles. The van der Waals surface area contributed by atoms with Gasteiger partial charge in [-0.3, -0.25) is 14.4 Å². The standard InChI is InChI=1S/C30H31ClN4O6/c1-4-15-40-24-13-11-23(12-14-24)34-29(37)30(38)35-32-18-21-16-25(31)28(26(17-21)39-6-3)41-19-27(36)33-22-9-7-20(5-2)8-10-22/h4,7-14,16-18H,1,5-6,15,19H2,2-3H3,(H,33,36)(H,34,37)(H,35,38)/b32-18-. The van der Waals surface area contributed by atoms with E-state index in [-0.39, 0.29) is 29.0 Å². The van der Waals surface area contributed by atoms with Gasteiger partial charge in [0.2, 0.25) is 0 Å². The second-order valence-electron chi connectivity index (χ2n) is 8.43. The molecule has 0 aliphatic carbocycles. The molecule has 0 bridgehead atoms. The molecule has 0 aromatic heterocycles. The van der Waals surface area contributed by atoms with Gasteiger partial charge in [0.15, 0.2) is 18.1 Å². The molecule has 0 spiro atoms. The van der Waals surface area contributed by atoms with E-state index in [0.29, 0.717) is 35.9 Å². The first kappa shape index (κ1) is 30.7. The van der Waals surface area contributed by atoms with E-state index >= 15 is 0 Å². The Hall–Kier alpha value is -4.83. The van der Waals surface area contributed by atoms with Gasteiger partial charge >= 0.3 is 11.8 Å². The smallest absolute Gasteiger partial charge is 0.329 e. The van der Waals surface area contributed by atoms with E-state index in [1.807, 2.05) is 24.3 Å². The lowest BCUT2D eigenvalue weighted by Crippen LogP contribution is -2.32. The van der Waals surface area contributed by atoms with Crippen molar-refractivity contribution in [3.63, 3.8) is 0 Å². The van der Waals surface area contributed by atoms with Crippen LogP contribution in [-0.4, -0.2) is 43.8 Å². The molecule has 0 saturated heterocycles. The van der Waals surface area contributed by atoms with Crippen LogP contribution in [0.5, 0.6) is 17.2 Å². The lowest BCUT2D eigenvalue weighted by molar-refractivity contribution is -0.136. The third kappa shape index (κ3) is 9.70. The van der Waals surface area contributed by atoms with Gasteiger partial charge in [0.25, 0.3) is 5.91 Å². The summed E-state index contributed by atoms with van der Waals surface area (Å²) in [4.78, 5) is 36.7. The van der Waals surface area contributed by atoms with Crippen LogP contribution in [0.15, 0.2) is 78.4 Å². The number of anilines is 2. The van der Waals surface area contributed by atoms with Crippen LogP contribution >= 0.6 is 11.6 Å². The van der Waals surface area contributed by atoms with Gasteiger partial charge in [-0.25, -0.2) is 5.43 Å². The molecule has 0 heterocycles. The molecule has 0 fully saturated rings. The fraction of sp³-hybridized carbons (Fsp3) is 0.200. The van der Waals surface area contributed by atoms with Crippen molar-refractivity contribution in [2.75, 3.05) is 30.5 Å². The van der Waals surface area contributed by atoms with Crippen LogP contribution in [0.25, 0.3) is 0 Å². The molecule has 0 radical (unpaired) electrons. The largest absolute Gasteiger partial charge is 0.490 e. The number of carbonyl (C=O) groups is 3. The number of nitrogens with one attached hydrogen (secondary N) is 3. The molecule has 3 amide bonds. The highest BCUT2D eigenvalue weighted by molar-refractivity contribution is 6.39. The number of aryl methyl sites for hydroxylation is 1. The van der Waals surface area contributed by atoms with Crippen LogP contribution in [-0.2, 0) is 20.8 Å². The normalized spacial score (nSPS) is 10.5. The number of hydrogen-bond donors (Lipinski definition) is 3. The number of hydrazone groups is 1. The van der Waals surface area contributed by atoms with Gasteiger partial charge in [-0.1, -0.05) is 43.3 Å². The van der Waals surface area contributed by atoms with Crippen molar-refractivity contribution in [1.29, 1.82) is 0 Å². The number of hydrogen-bond acceptors (Lipinski definition) is 7. The first-order valence-corrected chi connectivity index (χ1v) is 13.2. The summed E-state index contributed by atoms with van der Waals surface area (Å²) in [6.07, 6.45) is 3.81. The molecule has 11 heteroatoms. The minimum absolute atomic E-state index is 0.169. The van der Waals surface area contributed by atoms with E-state index in [4.69, 9.17) is 25.8 Å². The Balaban J connectivity index is 1.56. The number of ether oxygens (including phenoxy) is 3. The van der Waals surface area contributed by atoms with Crippen LogP contribution in [0, 0.1) is 0 Å². The van der Waals surface area contributed by atoms with Crippen molar-refractivity contribution in [2.24, 2.45) is 5.10 Å². The van der Waals surface area contributed by atoms with Gasteiger partial charge in [-0.05, 0) is 73.0 Å². The predicted octanol–water partition coefficient (Wildman–Crippen LogP) is 4.97. The lowest BCUT2D eigenvalue weighted by atomic mass is 10.1. The minimum Gasteiger partial charge on any atom is -0.490 e. The maximum atomic E-state index is 12.4. The van der Waals surface area contributed by atoms with E-state index in [9.17, 15) is 14.4 Å². The Bertz CT molecular complexity index is 1390. The topological polar surface area (TPSA) is 127 Å². The van der Waals surface area contributed by atoms with Crippen molar-refractivity contribution in [2.45, 2.75) is 20.3 Å². The summed E-state index contributed by atoms with van der Waals surface area (Å²) < 4.78 is 16.7. The Kier molecular flexibility index (Phi) is 11.7. The second kappa shape index (κ2) is 15.7. The summed E-state index contributed by atoms with van der Waals surface area (Å²) in [7, 11) is 0. The van der Waals surface area contributed by atoms with Crippen LogP contribution in [0.4, 0.5) is 11.4 Å².